The average Bonchev–Trinajstić information content (AvgIpc) is 2.27. The van der Waals surface area contributed by atoms with Gasteiger partial charge in [-0.1, -0.05) is 20.3 Å². The molecule has 0 aromatic heterocycles. The molecule has 0 fully saturated rings. The second-order valence-corrected chi connectivity index (χ2v) is 4.84. The molecular weight excluding hydrogens is 222 g/mol. The van der Waals surface area contributed by atoms with Crippen molar-refractivity contribution in [2.75, 3.05) is 24.7 Å². The number of rotatable bonds is 10. The Morgan fingerprint density at radius 3 is 2.62 bits per heavy atom. The molecule has 0 amide bonds. The molecule has 3 nitrogen and oxygen atoms in total. The summed E-state index contributed by atoms with van der Waals surface area (Å²) in [7, 11) is 0. The molecule has 1 N–H and O–H groups in total. The zero-order valence-electron chi connectivity index (χ0n) is 10.8. The largest absolute Gasteiger partial charge is 0.465 e. The molecule has 0 radical (unpaired) electrons. The molecule has 1 unspecified atom stereocenters. The fraction of sp³-hybridized carbons (Fsp3) is 0.917. The van der Waals surface area contributed by atoms with E-state index in [-0.39, 0.29) is 12.0 Å². The topological polar surface area (TPSA) is 38.3 Å². The van der Waals surface area contributed by atoms with Crippen molar-refractivity contribution >= 4 is 17.7 Å². The predicted octanol–water partition coefficient (Wildman–Crippen LogP) is 2.45. The van der Waals surface area contributed by atoms with Crippen molar-refractivity contribution in [3.05, 3.63) is 0 Å². The third kappa shape index (κ3) is 7.99. The average molecular weight is 247 g/mol. The van der Waals surface area contributed by atoms with E-state index in [1.165, 1.54) is 18.6 Å². The van der Waals surface area contributed by atoms with E-state index in [1.54, 1.807) is 0 Å². The number of esters is 1. The van der Waals surface area contributed by atoms with Crippen molar-refractivity contribution in [1.82, 2.24) is 5.32 Å². The van der Waals surface area contributed by atoms with Crippen LogP contribution in [-0.2, 0) is 9.53 Å². The van der Waals surface area contributed by atoms with E-state index in [9.17, 15) is 4.79 Å². The Morgan fingerprint density at radius 1 is 1.31 bits per heavy atom. The van der Waals surface area contributed by atoms with Gasteiger partial charge in [0, 0.05) is 0 Å². The van der Waals surface area contributed by atoms with Gasteiger partial charge in [0.05, 0.1) is 6.61 Å². The second kappa shape index (κ2) is 11.3. The van der Waals surface area contributed by atoms with Crippen molar-refractivity contribution in [1.29, 1.82) is 0 Å². The summed E-state index contributed by atoms with van der Waals surface area (Å²) >= 11 is 1.92. The molecule has 0 saturated carbocycles. The summed E-state index contributed by atoms with van der Waals surface area (Å²) in [6.07, 6.45) is 3.36. The highest BCUT2D eigenvalue weighted by atomic mass is 32.2. The standard InChI is InChI=1S/C12H25NO2S/c1-4-7-9-16-10-8-11(13-5-2)12(14)15-6-3/h11,13H,4-10H2,1-3H3. The van der Waals surface area contributed by atoms with Crippen LogP contribution in [0.15, 0.2) is 0 Å². The highest BCUT2D eigenvalue weighted by Gasteiger charge is 2.17. The zero-order valence-corrected chi connectivity index (χ0v) is 11.6. The lowest BCUT2D eigenvalue weighted by Gasteiger charge is -2.15. The smallest absolute Gasteiger partial charge is 0.323 e. The van der Waals surface area contributed by atoms with Crippen LogP contribution < -0.4 is 5.32 Å². The summed E-state index contributed by atoms with van der Waals surface area (Å²) in [5, 5.41) is 3.17. The van der Waals surface area contributed by atoms with Gasteiger partial charge >= 0.3 is 5.97 Å². The van der Waals surface area contributed by atoms with Crippen LogP contribution in [0.3, 0.4) is 0 Å². The molecule has 4 heteroatoms. The maximum atomic E-state index is 11.6. The van der Waals surface area contributed by atoms with Crippen LogP contribution in [0, 0.1) is 0 Å². The number of carbonyl (C=O) groups is 1. The number of unbranched alkanes of at least 4 members (excludes halogenated alkanes) is 1. The van der Waals surface area contributed by atoms with Gasteiger partial charge in [-0.05, 0) is 37.8 Å². The summed E-state index contributed by atoms with van der Waals surface area (Å²) < 4.78 is 5.02. The van der Waals surface area contributed by atoms with Crippen LogP contribution in [0.1, 0.15) is 40.0 Å². The number of nitrogens with one attached hydrogen (secondary N) is 1. The Bertz CT molecular complexity index is 176. The van der Waals surface area contributed by atoms with Crippen LogP contribution in [0.4, 0.5) is 0 Å². The maximum absolute atomic E-state index is 11.6. The highest BCUT2D eigenvalue weighted by Crippen LogP contribution is 2.08. The van der Waals surface area contributed by atoms with Gasteiger partial charge in [0.25, 0.3) is 0 Å². The summed E-state index contributed by atoms with van der Waals surface area (Å²) in [6, 6.07) is -0.126. The van der Waals surface area contributed by atoms with E-state index in [0.29, 0.717) is 6.61 Å². The quantitative estimate of drug-likeness (QED) is 0.475. The molecule has 0 bridgehead atoms. The van der Waals surface area contributed by atoms with Crippen molar-refractivity contribution in [2.24, 2.45) is 0 Å². The van der Waals surface area contributed by atoms with Crippen molar-refractivity contribution in [2.45, 2.75) is 46.1 Å². The first-order chi connectivity index (χ1) is 7.76. The Hall–Kier alpha value is -0.220. The SMILES string of the molecule is CCCCSCCC(NCC)C(=O)OCC. The third-order valence-electron chi connectivity index (χ3n) is 2.21. The monoisotopic (exact) mass is 247 g/mol. The van der Waals surface area contributed by atoms with E-state index in [1.807, 2.05) is 25.6 Å². The molecule has 16 heavy (non-hydrogen) atoms. The molecule has 0 heterocycles. The number of hydrogen-bond acceptors (Lipinski definition) is 4. The Kier molecular flexibility index (Phi) is 11.1. The van der Waals surface area contributed by atoms with Gasteiger partial charge < -0.3 is 10.1 Å². The van der Waals surface area contributed by atoms with Crippen molar-refractivity contribution in [3.63, 3.8) is 0 Å². The van der Waals surface area contributed by atoms with Crippen LogP contribution in [0.25, 0.3) is 0 Å². The summed E-state index contributed by atoms with van der Waals surface area (Å²) in [4.78, 5) is 11.6. The molecule has 0 aliphatic rings. The Balaban J connectivity index is 3.71. The Labute approximate surface area is 104 Å². The van der Waals surface area contributed by atoms with E-state index in [0.717, 1.165) is 18.7 Å². The molecular formula is C12H25NO2S. The van der Waals surface area contributed by atoms with Crippen LogP contribution in [0.2, 0.25) is 0 Å². The van der Waals surface area contributed by atoms with Gasteiger partial charge in [-0.3, -0.25) is 4.79 Å². The molecule has 0 saturated heterocycles. The minimum atomic E-state index is -0.126. The zero-order chi connectivity index (χ0) is 12.2. The number of hydrogen-bond donors (Lipinski definition) is 1. The molecule has 0 rings (SSSR count). The molecule has 96 valence electrons. The van der Waals surface area contributed by atoms with Crippen LogP contribution >= 0.6 is 11.8 Å². The van der Waals surface area contributed by atoms with Crippen LogP contribution in [0.5, 0.6) is 0 Å². The fourth-order valence-electron chi connectivity index (χ4n) is 1.34. The first kappa shape index (κ1) is 15.8. The second-order valence-electron chi connectivity index (χ2n) is 3.62. The molecule has 0 aliphatic carbocycles. The van der Waals surface area contributed by atoms with Gasteiger partial charge in [-0.15, -0.1) is 0 Å². The number of carbonyl (C=O) groups excluding carboxylic acids is 1. The molecule has 0 aromatic rings. The summed E-state index contributed by atoms with van der Waals surface area (Å²) in [5.41, 5.74) is 0. The number of likely N-dealkylation sites (N-methyl/N-ethyl adjacent to an activating group) is 1. The summed E-state index contributed by atoms with van der Waals surface area (Å²) in [6.45, 7) is 7.32. The van der Waals surface area contributed by atoms with Gasteiger partial charge in [0.1, 0.15) is 6.04 Å². The predicted molar refractivity (Wildman–Crippen MR) is 70.9 cm³/mol. The van der Waals surface area contributed by atoms with Gasteiger partial charge in [-0.25, -0.2) is 0 Å². The first-order valence-corrected chi connectivity index (χ1v) is 7.39. The lowest BCUT2D eigenvalue weighted by Crippen LogP contribution is -2.38. The fourth-order valence-corrected chi connectivity index (χ4v) is 2.44. The third-order valence-corrected chi connectivity index (χ3v) is 3.32. The van der Waals surface area contributed by atoms with Gasteiger partial charge in [0.2, 0.25) is 0 Å². The van der Waals surface area contributed by atoms with Crippen LogP contribution in [-0.4, -0.2) is 36.7 Å². The minimum Gasteiger partial charge on any atom is -0.465 e. The highest BCUT2D eigenvalue weighted by molar-refractivity contribution is 7.99. The first-order valence-electron chi connectivity index (χ1n) is 6.23. The normalized spacial score (nSPS) is 12.4. The maximum Gasteiger partial charge on any atom is 0.323 e. The van der Waals surface area contributed by atoms with Crippen molar-refractivity contribution in [3.8, 4) is 0 Å². The lowest BCUT2D eigenvalue weighted by atomic mass is 10.2. The molecule has 0 aromatic carbocycles. The molecule has 0 spiro atoms. The van der Waals surface area contributed by atoms with E-state index in [2.05, 4.69) is 12.2 Å². The van der Waals surface area contributed by atoms with E-state index >= 15 is 0 Å². The van der Waals surface area contributed by atoms with Gasteiger partial charge in [0.15, 0.2) is 0 Å². The molecule has 1 atom stereocenters. The minimum absolute atomic E-state index is 0.111. The van der Waals surface area contributed by atoms with Gasteiger partial charge in [-0.2, -0.15) is 11.8 Å². The Morgan fingerprint density at radius 2 is 2.06 bits per heavy atom. The van der Waals surface area contributed by atoms with E-state index < -0.39 is 0 Å². The lowest BCUT2D eigenvalue weighted by molar-refractivity contribution is -0.145. The van der Waals surface area contributed by atoms with Crippen molar-refractivity contribution < 1.29 is 9.53 Å². The summed E-state index contributed by atoms with van der Waals surface area (Å²) in [5.74, 6) is 2.11. The number of thioether (sulfide) groups is 1. The number of ether oxygens (including phenoxy) is 1. The van der Waals surface area contributed by atoms with E-state index in [4.69, 9.17) is 4.74 Å². The molecule has 0 aliphatic heterocycles.